The lowest BCUT2D eigenvalue weighted by Crippen LogP contribution is -2.53. The fourth-order valence-electron chi connectivity index (χ4n) is 3.08. The van der Waals surface area contributed by atoms with Crippen molar-refractivity contribution in [3.8, 4) is 0 Å². The van der Waals surface area contributed by atoms with Crippen molar-refractivity contribution in [2.24, 2.45) is 0 Å². The molecule has 7 heteroatoms. The van der Waals surface area contributed by atoms with Gasteiger partial charge in [0.2, 0.25) is 5.91 Å². The molecule has 27 heavy (non-hydrogen) atoms. The first-order valence-electron chi connectivity index (χ1n) is 9.64. The number of hydrogen-bond acceptors (Lipinski definition) is 4. The molecule has 2 N–H and O–H groups in total. The molecule has 7 nitrogen and oxygen atoms in total. The molecule has 0 spiro atoms. The van der Waals surface area contributed by atoms with Crippen molar-refractivity contribution in [2.45, 2.75) is 38.6 Å². The molecule has 1 heterocycles. The highest BCUT2D eigenvalue weighted by molar-refractivity contribution is 6.35. The average Bonchev–Trinajstić information content (AvgIpc) is 3.46. The molecule has 0 aromatic heterocycles. The van der Waals surface area contributed by atoms with Gasteiger partial charge in [0.05, 0.1) is 6.54 Å². The van der Waals surface area contributed by atoms with Gasteiger partial charge in [-0.15, -0.1) is 0 Å². The fraction of sp³-hybridized carbons (Fsp3) is 0.550. The lowest BCUT2D eigenvalue weighted by atomic mass is 10.0. The molecular weight excluding hydrogens is 344 g/mol. The van der Waals surface area contributed by atoms with Crippen LogP contribution in [0.5, 0.6) is 0 Å². The van der Waals surface area contributed by atoms with Gasteiger partial charge in [0, 0.05) is 37.9 Å². The van der Waals surface area contributed by atoms with E-state index >= 15 is 0 Å². The van der Waals surface area contributed by atoms with Crippen LogP contribution in [0.3, 0.4) is 0 Å². The Morgan fingerprint density at radius 1 is 1.04 bits per heavy atom. The molecule has 1 saturated heterocycles. The quantitative estimate of drug-likeness (QED) is 0.761. The van der Waals surface area contributed by atoms with E-state index in [1.54, 1.807) is 4.90 Å². The number of hydrogen-bond donors (Lipinski definition) is 2. The number of piperazine rings is 1. The molecule has 3 rings (SSSR count). The maximum atomic E-state index is 12.3. The van der Waals surface area contributed by atoms with E-state index in [9.17, 15) is 14.4 Å². The Kier molecular flexibility index (Phi) is 6.11. The summed E-state index contributed by atoms with van der Waals surface area (Å²) in [4.78, 5) is 39.8. The first kappa shape index (κ1) is 19.4. The highest BCUT2D eigenvalue weighted by atomic mass is 16.2. The first-order valence-corrected chi connectivity index (χ1v) is 9.64. The smallest absolute Gasteiger partial charge is 0.311 e. The molecule has 1 aliphatic heterocycles. The summed E-state index contributed by atoms with van der Waals surface area (Å²) in [7, 11) is 0. The highest BCUT2D eigenvalue weighted by Crippen LogP contribution is 2.19. The summed E-state index contributed by atoms with van der Waals surface area (Å²) in [5.41, 5.74) is 2.02. The largest absolute Gasteiger partial charge is 0.345 e. The maximum Gasteiger partial charge on any atom is 0.311 e. The predicted octanol–water partition coefficient (Wildman–Crippen LogP) is 1.17. The summed E-state index contributed by atoms with van der Waals surface area (Å²) in [6, 6.07) is 8.07. The van der Waals surface area contributed by atoms with Crippen molar-refractivity contribution in [1.29, 1.82) is 0 Å². The fourth-order valence-corrected chi connectivity index (χ4v) is 3.08. The van der Waals surface area contributed by atoms with Gasteiger partial charge in [-0.1, -0.05) is 26.0 Å². The second-order valence-electron chi connectivity index (χ2n) is 7.64. The van der Waals surface area contributed by atoms with Crippen LogP contribution in [0.2, 0.25) is 0 Å². The Bertz CT molecular complexity index is 690. The van der Waals surface area contributed by atoms with E-state index < -0.39 is 11.8 Å². The standard InChI is InChI=1S/C20H28N4O3/c1-14(2)15-3-5-16(6-4-15)21-18(25)13-23-9-11-24(12-10-23)20(27)19(26)22-17-7-8-17/h3-6,14,17H,7-13H2,1-2H3,(H,21,25)(H,22,26). The number of carbonyl (C=O) groups is 3. The average molecular weight is 372 g/mol. The van der Waals surface area contributed by atoms with Crippen molar-refractivity contribution in [3.05, 3.63) is 29.8 Å². The van der Waals surface area contributed by atoms with Crippen LogP contribution in [0.15, 0.2) is 24.3 Å². The molecule has 1 aromatic carbocycles. The van der Waals surface area contributed by atoms with Crippen LogP contribution in [-0.4, -0.2) is 66.3 Å². The van der Waals surface area contributed by atoms with E-state index in [4.69, 9.17) is 0 Å². The third-order valence-electron chi connectivity index (χ3n) is 4.99. The van der Waals surface area contributed by atoms with E-state index in [1.165, 1.54) is 5.56 Å². The van der Waals surface area contributed by atoms with Crippen molar-refractivity contribution in [3.63, 3.8) is 0 Å². The van der Waals surface area contributed by atoms with E-state index in [0.29, 0.717) is 32.1 Å². The third-order valence-corrected chi connectivity index (χ3v) is 4.99. The molecule has 1 aliphatic carbocycles. The molecule has 0 unspecified atom stereocenters. The molecule has 2 fully saturated rings. The van der Waals surface area contributed by atoms with Crippen LogP contribution in [-0.2, 0) is 14.4 Å². The van der Waals surface area contributed by atoms with Gasteiger partial charge in [-0.2, -0.15) is 0 Å². The molecule has 0 atom stereocenters. The number of nitrogens with zero attached hydrogens (tertiary/aromatic N) is 2. The van der Waals surface area contributed by atoms with Gasteiger partial charge in [-0.05, 0) is 36.5 Å². The molecule has 2 aliphatic rings. The van der Waals surface area contributed by atoms with Gasteiger partial charge in [0.25, 0.3) is 0 Å². The number of amides is 3. The Balaban J connectivity index is 1.41. The minimum absolute atomic E-state index is 0.0708. The van der Waals surface area contributed by atoms with Crippen molar-refractivity contribution < 1.29 is 14.4 Å². The summed E-state index contributed by atoms with van der Waals surface area (Å²) in [6.07, 6.45) is 1.92. The van der Waals surface area contributed by atoms with Crippen molar-refractivity contribution >= 4 is 23.4 Å². The number of benzene rings is 1. The minimum atomic E-state index is -0.506. The Hall–Kier alpha value is -2.41. The second-order valence-corrected chi connectivity index (χ2v) is 7.64. The molecule has 0 radical (unpaired) electrons. The number of nitrogens with one attached hydrogen (secondary N) is 2. The molecule has 0 bridgehead atoms. The van der Waals surface area contributed by atoms with Gasteiger partial charge in [-0.25, -0.2) is 0 Å². The van der Waals surface area contributed by atoms with E-state index in [0.717, 1.165) is 18.5 Å². The van der Waals surface area contributed by atoms with E-state index in [-0.39, 0.29) is 18.5 Å². The van der Waals surface area contributed by atoms with Gasteiger partial charge in [0.15, 0.2) is 0 Å². The Morgan fingerprint density at radius 2 is 1.67 bits per heavy atom. The monoisotopic (exact) mass is 372 g/mol. The highest BCUT2D eigenvalue weighted by Gasteiger charge is 2.30. The molecule has 146 valence electrons. The summed E-state index contributed by atoms with van der Waals surface area (Å²) in [6.45, 7) is 6.65. The summed E-state index contributed by atoms with van der Waals surface area (Å²) >= 11 is 0. The summed E-state index contributed by atoms with van der Waals surface area (Å²) in [5, 5.41) is 5.64. The lowest BCUT2D eigenvalue weighted by molar-refractivity contribution is -0.147. The summed E-state index contributed by atoms with van der Waals surface area (Å²) < 4.78 is 0. The van der Waals surface area contributed by atoms with Crippen LogP contribution < -0.4 is 10.6 Å². The summed E-state index contributed by atoms with van der Waals surface area (Å²) in [5.74, 6) is -0.580. The number of anilines is 1. The van der Waals surface area contributed by atoms with Crippen LogP contribution in [0.1, 0.15) is 38.2 Å². The minimum Gasteiger partial charge on any atom is -0.345 e. The molecule has 1 aromatic rings. The topological polar surface area (TPSA) is 81.8 Å². The second kappa shape index (κ2) is 8.52. The number of carbonyl (C=O) groups excluding carboxylic acids is 3. The van der Waals surface area contributed by atoms with Crippen LogP contribution in [0.4, 0.5) is 5.69 Å². The first-order chi connectivity index (χ1) is 12.9. The van der Waals surface area contributed by atoms with Gasteiger partial charge >= 0.3 is 11.8 Å². The Labute approximate surface area is 160 Å². The molecule has 3 amide bonds. The predicted molar refractivity (Wildman–Crippen MR) is 103 cm³/mol. The third kappa shape index (κ3) is 5.53. The van der Waals surface area contributed by atoms with E-state index in [2.05, 4.69) is 24.5 Å². The zero-order valence-corrected chi connectivity index (χ0v) is 16.0. The zero-order valence-electron chi connectivity index (χ0n) is 16.0. The van der Waals surface area contributed by atoms with Gasteiger partial charge in [-0.3, -0.25) is 19.3 Å². The van der Waals surface area contributed by atoms with Crippen molar-refractivity contribution in [1.82, 2.24) is 15.1 Å². The van der Waals surface area contributed by atoms with Crippen LogP contribution in [0, 0.1) is 0 Å². The van der Waals surface area contributed by atoms with E-state index in [1.807, 2.05) is 29.2 Å². The Morgan fingerprint density at radius 3 is 2.22 bits per heavy atom. The van der Waals surface area contributed by atoms with Gasteiger partial charge in [0.1, 0.15) is 0 Å². The molecule has 1 saturated carbocycles. The van der Waals surface area contributed by atoms with Crippen LogP contribution in [0.25, 0.3) is 0 Å². The zero-order chi connectivity index (χ0) is 19.4. The maximum absolute atomic E-state index is 12.3. The molecular formula is C20H28N4O3. The van der Waals surface area contributed by atoms with Crippen LogP contribution >= 0.6 is 0 Å². The van der Waals surface area contributed by atoms with Crippen molar-refractivity contribution in [2.75, 3.05) is 38.0 Å². The van der Waals surface area contributed by atoms with Gasteiger partial charge < -0.3 is 15.5 Å². The normalized spacial score (nSPS) is 17.7. The lowest BCUT2D eigenvalue weighted by Gasteiger charge is -2.33. The number of rotatable bonds is 5. The SMILES string of the molecule is CC(C)c1ccc(NC(=O)CN2CCN(C(=O)C(=O)NC3CC3)CC2)cc1.